The summed E-state index contributed by atoms with van der Waals surface area (Å²) in [7, 11) is 0. The van der Waals surface area contributed by atoms with Gasteiger partial charge in [-0.1, -0.05) is 66.3 Å². The standard InChI is InChI=1S/C26H21ClF3N3O3S/c1-3-12-36-25(35)22-15(2)32-24(17(13-31)23(22)16-8-4-6-10-19(16)27)37-14-21(34)33-20-11-7-5-9-18(20)26(28,29)30/h3-11,23,32H,1,12,14H2,2H3,(H,33,34)/t23-/m1/s1. The number of anilines is 1. The Kier molecular flexibility index (Phi) is 9.08. The first-order valence-corrected chi connectivity index (χ1v) is 12.2. The Morgan fingerprint density at radius 3 is 2.57 bits per heavy atom. The number of hydrogen-bond donors (Lipinski definition) is 2. The summed E-state index contributed by atoms with van der Waals surface area (Å²) in [5.74, 6) is -2.58. The first kappa shape index (κ1) is 27.9. The van der Waals surface area contributed by atoms with E-state index in [0.717, 1.165) is 23.9 Å². The van der Waals surface area contributed by atoms with E-state index in [1.165, 1.54) is 18.2 Å². The van der Waals surface area contributed by atoms with Crippen LogP contribution < -0.4 is 10.6 Å². The van der Waals surface area contributed by atoms with Crippen molar-refractivity contribution in [2.24, 2.45) is 0 Å². The molecule has 37 heavy (non-hydrogen) atoms. The molecule has 0 fully saturated rings. The summed E-state index contributed by atoms with van der Waals surface area (Å²) in [6.45, 7) is 5.10. The van der Waals surface area contributed by atoms with E-state index in [-0.39, 0.29) is 34.2 Å². The highest BCUT2D eigenvalue weighted by atomic mass is 35.5. The molecule has 0 saturated carbocycles. The van der Waals surface area contributed by atoms with Crippen molar-refractivity contribution in [2.45, 2.75) is 19.0 Å². The molecule has 0 radical (unpaired) electrons. The number of nitriles is 1. The van der Waals surface area contributed by atoms with E-state index in [0.29, 0.717) is 16.3 Å². The van der Waals surface area contributed by atoms with E-state index in [2.05, 4.69) is 23.3 Å². The van der Waals surface area contributed by atoms with Gasteiger partial charge in [-0.15, -0.1) is 0 Å². The van der Waals surface area contributed by atoms with Crippen molar-refractivity contribution in [1.82, 2.24) is 5.32 Å². The van der Waals surface area contributed by atoms with Crippen molar-refractivity contribution in [1.29, 1.82) is 5.26 Å². The zero-order valence-electron chi connectivity index (χ0n) is 19.5. The van der Waals surface area contributed by atoms with Crippen LogP contribution in [0.3, 0.4) is 0 Å². The summed E-state index contributed by atoms with van der Waals surface area (Å²) >= 11 is 7.33. The van der Waals surface area contributed by atoms with Crippen LogP contribution in [0.15, 0.2) is 83.1 Å². The lowest BCUT2D eigenvalue weighted by molar-refractivity contribution is -0.138. The lowest BCUT2D eigenvalue weighted by atomic mass is 9.82. The van der Waals surface area contributed by atoms with Crippen LogP contribution in [0.25, 0.3) is 0 Å². The van der Waals surface area contributed by atoms with Gasteiger partial charge in [0.25, 0.3) is 0 Å². The third-order valence-corrected chi connectivity index (χ3v) is 6.63. The second-order valence-electron chi connectivity index (χ2n) is 7.74. The van der Waals surface area contributed by atoms with Gasteiger partial charge < -0.3 is 15.4 Å². The SMILES string of the molecule is C=CCOC(=O)C1=C(C)NC(SCC(=O)Nc2ccccc2C(F)(F)F)=C(C#N)[C@H]1c1ccccc1Cl. The van der Waals surface area contributed by atoms with Crippen molar-refractivity contribution in [3.05, 3.63) is 99.2 Å². The maximum absolute atomic E-state index is 13.3. The van der Waals surface area contributed by atoms with E-state index < -0.39 is 29.5 Å². The molecule has 0 aromatic heterocycles. The Bertz CT molecular complexity index is 1330. The lowest BCUT2D eigenvalue weighted by Crippen LogP contribution is -2.29. The summed E-state index contributed by atoms with van der Waals surface area (Å²) in [6, 6.07) is 13.4. The number of amides is 1. The number of allylic oxidation sites excluding steroid dienone is 2. The summed E-state index contributed by atoms with van der Waals surface area (Å²) in [5.41, 5.74) is -0.209. The van der Waals surface area contributed by atoms with Gasteiger partial charge in [0.1, 0.15) is 6.61 Å². The smallest absolute Gasteiger partial charge is 0.418 e. The Morgan fingerprint density at radius 1 is 1.24 bits per heavy atom. The van der Waals surface area contributed by atoms with Crippen molar-refractivity contribution < 1.29 is 27.5 Å². The number of carbonyl (C=O) groups is 2. The molecular formula is C26H21ClF3N3O3S. The number of halogens is 4. The number of alkyl halides is 3. The minimum Gasteiger partial charge on any atom is -0.458 e. The highest BCUT2D eigenvalue weighted by molar-refractivity contribution is 8.03. The molecule has 0 aliphatic carbocycles. The normalized spacial score (nSPS) is 15.5. The van der Waals surface area contributed by atoms with Crippen LogP contribution in [0.2, 0.25) is 5.02 Å². The third-order valence-electron chi connectivity index (χ3n) is 5.27. The predicted molar refractivity (Wildman–Crippen MR) is 136 cm³/mol. The van der Waals surface area contributed by atoms with Crippen molar-refractivity contribution in [2.75, 3.05) is 17.7 Å². The molecule has 11 heteroatoms. The molecule has 1 amide bonds. The number of benzene rings is 2. The molecule has 1 atom stereocenters. The molecule has 3 rings (SSSR count). The number of carbonyl (C=O) groups excluding carboxylic acids is 2. The van der Waals surface area contributed by atoms with Crippen LogP contribution in [0, 0.1) is 11.3 Å². The van der Waals surface area contributed by atoms with Crippen LogP contribution >= 0.6 is 23.4 Å². The number of ether oxygens (including phenoxy) is 1. The fourth-order valence-electron chi connectivity index (χ4n) is 3.69. The predicted octanol–water partition coefficient (Wildman–Crippen LogP) is 6.16. The fourth-order valence-corrected chi connectivity index (χ4v) is 4.83. The van der Waals surface area contributed by atoms with Crippen LogP contribution in [0.4, 0.5) is 18.9 Å². The molecule has 6 nitrogen and oxygen atoms in total. The van der Waals surface area contributed by atoms with Gasteiger partial charge in [0, 0.05) is 10.7 Å². The first-order chi connectivity index (χ1) is 17.6. The molecule has 0 unspecified atom stereocenters. The van der Waals surface area contributed by atoms with Gasteiger partial charge in [-0.3, -0.25) is 4.79 Å². The Balaban J connectivity index is 1.92. The van der Waals surface area contributed by atoms with Crippen LogP contribution in [0.1, 0.15) is 24.0 Å². The molecule has 1 aliphatic rings. The maximum Gasteiger partial charge on any atom is 0.418 e. The quantitative estimate of drug-likeness (QED) is 0.304. The molecule has 2 aromatic carbocycles. The van der Waals surface area contributed by atoms with Gasteiger partial charge in [-0.2, -0.15) is 18.4 Å². The summed E-state index contributed by atoms with van der Waals surface area (Å²) < 4.78 is 45.0. The van der Waals surface area contributed by atoms with E-state index in [4.69, 9.17) is 16.3 Å². The molecule has 0 bridgehead atoms. The maximum atomic E-state index is 13.3. The van der Waals surface area contributed by atoms with Gasteiger partial charge in [0.15, 0.2) is 0 Å². The minimum absolute atomic E-state index is 0.0440. The fraction of sp³-hybridized carbons (Fsp3) is 0.192. The van der Waals surface area contributed by atoms with Crippen LogP contribution in [0.5, 0.6) is 0 Å². The average Bonchev–Trinajstić information content (AvgIpc) is 2.85. The van der Waals surface area contributed by atoms with Crippen LogP contribution in [-0.2, 0) is 20.5 Å². The monoisotopic (exact) mass is 547 g/mol. The summed E-state index contributed by atoms with van der Waals surface area (Å²) in [5, 5.41) is 15.9. The van der Waals surface area contributed by atoms with E-state index in [1.54, 1.807) is 31.2 Å². The average molecular weight is 548 g/mol. The Labute approximate surface area is 220 Å². The van der Waals surface area contributed by atoms with Crippen molar-refractivity contribution in [3.63, 3.8) is 0 Å². The molecule has 1 aliphatic heterocycles. The van der Waals surface area contributed by atoms with Gasteiger partial charge in [0.05, 0.1) is 45.2 Å². The summed E-state index contributed by atoms with van der Waals surface area (Å²) in [4.78, 5) is 25.5. The molecule has 2 aromatic rings. The van der Waals surface area contributed by atoms with E-state index >= 15 is 0 Å². The van der Waals surface area contributed by atoms with Gasteiger partial charge in [-0.05, 0) is 30.7 Å². The number of esters is 1. The van der Waals surface area contributed by atoms with E-state index in [1.807, 2.05) is 0 Å². The number of nitrogens with one attached hydrogen (secondary N) is 2. The third kappa shape index (κ3) is 6.56. The molecule has 192 valence electrons. The zero-order chi connectivity index (χ0) is 27.2. The summed E-state index contributed by atoms with van der Waals surface area (Å²) in [6.07, 6.45) is -3.23. The van der Waals surface area contributed by atoms with Crippen molar-refractivity contribution in [3.8, 4) is 6.07 Å². The van der Waals surface area contributed by atoms with Gasteiger partial charge in [-0.25, -0.2) is 4.79 Å². The number of dihydropyridines is 1. The second kappa shape index (κ2) is 12.0. The van der Waals surface area contributed by atoms with E-state index in [9.17, 15) is 28.0 Å². The molecular weight excluding hydrogens is 527 g/mol. The largest absolute Gasteiger partial charge is 0.458 e. The Hall–Kier alpha value is -3.68. The number of thioether (sulfide) groups is 1. The molecule has 1 heterocycles. The van der Waals surface area contributed by atoms with Gasteiger partial charge >= 0.3 is 12.1 Å². The molecule has 2 N–H and O–H groups in total. The number of hydrogen-bond acceptors (Lipinski definition) is 6. The topological polar surface area (TPSA) is 91.2 Å². The zero-order valence-corrected chi connectivity index (χ0v) is 21.1. The molecule has 0 saturated heterocycles. The number of nitrogens with zero attached hydrogens (tertiary/aromatic N) is 1. The lowest BCUT2D eigenvalue weighted by Gasteiger charge is -2.29. The highest BCUT2D eigenvalue weighted by Gasteiger charge is 2.37. The molecule has 0 spiro atoms. The first-order valence-electron chi connectivity index (χ1n) is 10.8. The number of para-hydroxylation sites is 1. The minimum atomic E-state index is -4.64. The Morgan fingerprint density at radius 2 is 1.92 bits per heavy atom. The van der Waals surface area contributed by atoms with Gasteiger partial charge in [0.2, 0.25) is 5.91 Å². The second-order valence-corrected chi connectivity index (χ2v) is 9.13. The van der Waals surface area contributed by atoms with Crippen LogP contribution in [-0.4, -0.2) is 24.2 Å². The van der Waals surface area contributed by atoms with Crippen molar-refractivity contribution >= 4 is 40.9 Å². The number of rotatable bonds is 8. The highest BCUT2D eigenvalue weighted by Crippen LogP contribution is 2.43.